The van der Waals surface area contributed by atoms with Gasteiger partial charge in [-0.3, -0.25) is 9.78 Å². The van der Waals surface area contributed by atoms with Gasteiger partial charge in [0.05, 0.1) is 0 Å². The predicted octanol–water partition coefficient (Wildman–Crippen LogP) is 1.44. The average Bonchev–Trinajstić information content (AvgIpc) is 3.23. The van der Waals surface area contributed by atoms with Crippen molar-refractivity contribution >= 4 is 11.9 Å². The summed E-state index contributed by atoms with van der Waals surface area (Å²) in [7, 11) is 3.52. The Balaban J connectivity index is 1.55. The van der Waals surface area contributed by atoms with Crippen LogP contribution in [-0.4, -0.2) is 55.0 Å². The van der Waals surface area contributed by atoms with Crippen LogP contribution in [0.25, 0.3) is 0 Å². The second-order valence-corrected chi connectivity index (χ2v) is 7.38. The van der Waals surface area contributed by atoms with E-state index in [1.165, 1.54) is 25.7 Å². The van der Waals surface area contributed by atoms with Crippen LogP contribution in [0, 0.1) is 11.8 Å². The molecule has 2 saturated carbocycles. The Hall–Kier alpha value is -2.11. The van der Waals surface area contributed by atoms with Crippen LogP contribution < -0.4 is 10.6 Å². The molecule has 3 atom stereocenters. The zero-order valence-corrected chi connectivity index (χ0v) is 15.2. The van der Waals surface area contributed by atoms with Gasteiger partial charge in [-0.05, 0) is 43.2 Å². The third-order valence-corrected chi connectivity index (χ3v) is 5.33. The monoisotopic (exact) mass is 343 g/mol. The Morgan fingerprint density at radius 1 is 1.32 bits per heavy atom. The molecule has 2 fully saturated rings. The lowest BCUT2D eigenvalue weighted by atomic mass is 9.95. The molecule has 2 aliphatic carbocycles. The van der Waals surface area contributed by atoms with E-state index in [1.54, 1.807) is 19.0 Å². The molecule has 6 heteroatoms. The third-order valence-electron chi connectivity index (χ3n) is 5.33. The second-order valence-electron chi connectivity index (χ2n) is 7.38. The zero-order chi connectivity index (χ0) is 17.6. The van der Waals surface area contributed by atoms with Crippen LogP contribution in [-0.2, 0) is 11.2 Å². The minimum Gasteiger partial charge on any atom is -0.356 e. The fourth-order valence-corrected chi connectivity index (χ4v) is 3.89. The predicted molar refractivity (Wildman–Crippen MR) is 99.3 cm³/mol. The van der Waals surface area contributed by atoms with E-state index >= 15 is 0 Å². The molecule has 6 nitrogen and oxygen atoms in total. The van der Waals surface area contributed by atoms with Gasteiger partial charge >= 0.3 is 0 Å². The van der Waals surface area contributed by atoms with E-state index in [-0.39, 0.29) is 12.5 Å². The number of carbonyl (C=O) groups is 1. The first-order valence-electron chi connectivity index (χ1n) is 9.26. The van der Waals surface area contributed by atoms with Gasteiger partial charge in [-0.25, -0.2) is 4.99 Å². The van der Waals surface area contributed by atoms with Gasteiger partial charge in [-0.1, -0.05) is 12.5 Å². The van der Waals surface area contributed by atoms with Crippen molar-refractivity contribution in [2.75, 3.05) is 27.2 Å². The van der Waals surface area contributed by atoms with Crippen molar-refractivity contribution < 1.29 is 4.79 Å². The number of amides is 1. The number of nitrogens with one attached hydrogen (secondary N) is 2. The first kappa shape index (κ1) is 17.7. The Bertz CT molecular complexity index is 601. The van der Waals surface area contributed by atoms with E-state index in [1.807, 2.05) is 24.4 Å². The van der Waals surface area contributed by atoms with Gasteiger partial charge in [0.15, 0.2) is 5.96 Å². The summed E-state index contributed by atoms with van der Waals surface area (Å²) in [4.78, 5) is 22.3. The minimum absolute atomic E-state index is 0.0127. The van der Waals surface area contributed by atoms with Crippen LogP contribution in [0.2, 0.25) is 0 Å². The van der Waals surface area contributed by atoms with Crippen molar-refractivity contribution in [3.05, 3.63) is 30.1 Å². The number of aliphatic imine (C=N–C) groups is 1. The minimum atomic E-state index is 0.0127. The molecule has 1 heterocycles. The molecule has 0 aliphatic heterocycles. The van der Waals surface area contributed by atoms with Crippen LogP contribution >= 0.6 is 0 Å². The van der Waals surface area contributed by atoms with Crippen molar-refractivity contribution in [1.29, 1.82) is 0 Å². The number of aromatic nitrogens is 1. The summed E-state index contributed by atoms with van der Waals surface area (Å²) in [5.74, 6) is 2.40. The quantitative estimate of drug-likeness (QED) is 0.606. The molecule has 0 radical (unpaired) electrons. The highest BCUT2D eigenvalue weighted by Gasteiger charge is 2.39. The number of rotatable bonds is 6. The van der Waals surface area contributed by atoms with Gasteiger partial charge in [0.2, 0.25) is 5.91 Å². The number of hydrogen-bond acceptors (Lipinski definition) is 3. The van der Waals surface area contributed by atoms with Crippen LogP contribution in [0.1, 0.15) is 31.4 Å². The lowest BCUT2D eigenvalue weighted by Gasteiger charge is -2.25. The summed E-state index contributed by atoms with van der Waals surface area (Å²) in [6.45, 7) is 0.923. The van der Waals surface area contributed by atoms with Gasteiger partial charge in [0.25, 0.3) is 0 Å². The van der Waals surface area contributed by atoms with E-state index in [4.69, 9.17) is 0 Å². The summed E-state index contributed by atoms with van der Waals surface area (Å²) < 4.78 is 0. The second kappa shape index (κ2) is 8.32. The highest BCUT2D eigenvalue weighted by molar-refractivity contribution is 5.85. The molecule has 25 heavy (non-hydrogen) atoms. The number of fused-ring (bicyclic) bond motifs is 2. The lowest BCUT2D eigenvalue weighted by Crippen LogP contribution is -2.46. The lowest BCUT2D eigenvalue weighted by molar-refractivity contribution is -0.127. The summed E-state index contributed by atoms with van der Waals surface area (Å²) in [6.07, 6.45) is 7.91. The molecule has 2 bridgehead atoms. The number of likely N-dealkylation sites (N-methyl/N-ethyl adjacent to an activating group) is 1. The molecule has 1 aromatic heterocycles. The van der Waals surface area contributed by atoms with Crippen molar-refractivity contribution in [2.24, 2.45) is 16.8 Å². The van der Waals surface area contributed by atoms with Gasteiger partial charge in [-0.15, -0.1) is 0 Å². The van der Waals surface area contributed by atoms with E-state index in [2.05, 4.69) is 20.6 Å². The van der Waals surface area contributed by atoms with E-state index in [9.17, 15) is 4.79 Å². The smallest absolute Gasteiger partial charge is 0.243 e. The highest BCUT2D eigenvalue weighted by Crippen LogP contribution is 2.44. The van der Waals surface area contributed by atoms with Crippen molar-refractivity contribution in [1.82, 2.24) is 20.5 Å². The third kappa shape index (κ3) is 4.94. The summed E-state index contributed by atoms with van der Waals surface area (Å²) in [5, 5.41) is 6.95. The van der Waals surface area contributed by atoms with Gasteiger partial charge in [0, 0.05) is 45.0 Å². The van der Waals surface area contributed by atoms with Crippen LogP contribution in [0.4, 0.5) is 0 Å². The highest BCUT2D eigenvalue weighted by atomic mass is 16.2. The van der Waals surface area contributed by atoms with Crippen LogP contribution in [0.5, 0.6) is 0 Å². The standard InChI is InChI=1S/C19H29N5O/c1-24(2)18(25)13-22-19(21-10-8-16-5-3-4-9-20-16)23-17-12-14-6-7-15(17)11-14/h3-5,9,14-15,17H,6-8,10-13H2,1-2H3,(H2,21,22,23). The Morgan fingerprint density at radius 3 is 2.84 bits per heavy atom. The Labute approximate surface area is 150 Å². The van der Waals surface area contributed by atoms with Crippen molar-refractivity contribution in [3.8, 4) is 0 Å². The van der Waals surface area contributed by atoms with Crippen LogP contribution in [0.3, 0.4) is 0 Å². The fourth-order valence-electron chi connectivity index (χ4n) is 3.89. The van der Waals surface area contributed by atoms with Crippen LogP contribution in [0.15, 0.2) is 29.4 Å². The number of carbonyl (C=O) groups excluding carboxylic acids is 1. The molecule has 1 amide bonds. The Morgan fingerprint density at radius 2 is 2.20 bits per heavy atom. The first-order chi connectivity index (χ1) is 12.1. The van der Waals surface area contributed by atoms with Gasteiger partial charge < -0.3 is 15.5 Å². The fraction of sp³-hybridized carbons (Fsp3) is 0.632. The summed E-state index contributed by atoms with van der Waals surface area (Å²) in [6, 6.07) is 6.44. The molecular formula is C19H29N5O. The SMILES string of the molecule is CN(C)C(=O)CN=C(NCCc1ccccn1)NC1CC2CCC1C2. The average molecular weight is 343 g/mol. The maximum atomic E-state index is 11.9. The molecule has 0 saturated heterocycles. The van der Waals surface area contributed by atoms with E-state index in [0.717, 1.165) is 36.5 Å². The molecule has 3 unspecified atom stereocenters. The molecule has 1 aromatic rings. The topological polar surface area (TPSA) is 69.6 Å². The molecule has 3 rings (SSSR count). The number of guanidine groups is 1. The number of nitrogens with zero attached hydrogens (tertiary/aromatic N) is 3. The Kier molecular flexibility index (Phi) is 5.89. The van der Waals surface area contributed by atoms with E-state index in [0.29, 0.717) is 6.04 Å². The molecule has 2 N–H and O–H groups in total. The normalized spacial score (nSPS) is 25.0. The molecule has 136 valence electrons. The molecule has 0 spiro atoms. The van der Waals surface area contributed by atoms with E-state index < -0.39 is 0 Å². The largest absolute Gasteiger partial charge is 0.356 e. The van der Waals surface area contributed by atoms with Crippen molar-refractivity contribution in [2.45, 2.75) is 38.1 Å². The molecular weight excluding hydrogens is 314 g/mol. The molecule has 0 aromatic carbocycles. The summed E-state index contributed by atoms with van der Waals surface area (Å²) >= 11 is 0. The number of pyridine rings is 1. The molecule has 2 aliphatic rings. The van der Waals surface area contributed by atoms with Gasteiger partial charge in [0.1, 0.15) is 6.54 Å². The first-order valence-corrected chi connectivity index (χ1v) is 9.26. The van der Waals surface area contributed by atoms with Crippen molar-refractivity contribution in [3.63, 3.8) is 0 Å². The number of hydrogen-bond donors (Lipinski definition) is 2. The summed E-state index contributed by atoms with van der Waals surface area (Å²) in [5.41, 5.74) is 1.05. The zero-order valence-electron chi connectivity index (χ0n) is 15.2. The maximum absolute atomic E-state index is 11.9. The maximum Gasteiger partial charge on any atom is 0.243 e. The van der Waals surface area contributed by atoms with Gasteiger partial charge in [-0.2, -0.15) is 0 Å².